The zero-order chi connectivity index (χ0) is 34.2. The van der Waals surface area contributed by atoms with Crippen LogP contribution < -0.4 is 5.49 Å². The third kappa shape index (κ3) is 5.63. The highest BCUT2D eigenvalue weighted by Crippen LogP contribution is 2.50. The Morgan fingerprint density at radius 2 is 1.30 bits per heavy atom. The van der Waals surface area contributed by atoms with E-state index in [1.54, 1.807) is 0 Å². The molecule has 8 rings (SSSR count). The summed E-state index contributed by atoms with van der Waals surface area (Å²) in [6.45, 7) is 4.49. The Morgan fingerprint density at radius 1 is 0.680 bits per heavy atom. The van der Waals surface area contributed by atoms with Crippen LogP contribution in [0.25, 0.3) is 50.1 Å². The first-order valence-corrected chi connectivity index (χ1v) is 17.1. The van der Waals surface area contributed by atoms with Gasteiger partial charge in [-0.1, -0.05) is 129 Å². The molecule has 0 aliphatic heterocycles. The van der Waals surface area contributed by atoms with Crippen LogP contribution in [0.4, 0.5) is 0 Å². The normalized spacial score (nSPS) is 14.4. The summed E-state index contributed by atoms with van der Waals surface area (Å²) in [5.41, 5.74) is 15.8. The zero-order valence-electron chi connectivity index (χ0n) is 28.2. The highest BCUT2D eigenvalue weighted by Gasteiger charge is 2.35. The van der Waals surface area contributed by atoms with Crippen molar-refractivity contribution in [3.63, 3.8) is 0 Å². The lowest BCUT2D eigenvalue weighted by molar-refractivity contribution is 0.660. The average Bonchev–Trinajstić information content (AvgIpc) is 3.40. The molecule has 2 aliphatic carbocycles. The van der Waals surface area contributed by atoms with Crippen LogP contribution in [0.15, 0.2) is 151 Å². The van der Waals surface area contributed by atoms with Crippen LogP contribution in [0.1, 0.15) is 54.5 Å². The molecule has 2 aliphatic rings. The fourth-order valence-corrected chi connectivity index (χ4v) is 7.25. The number of pyridine rings is 1. The molecule has 0 amide bonds. The predicted molar refractivity (Wildman–Crippen MR) is 205 cm³/mol. The molecule has 0 saturated heterocycles. The number of nitrogens with one attached hydrogen (secondary N) is 2. The van der Waals surface area contributed by atoms with E-state index in [9.17, 15) is 5.26 Å². The SMILES string of the molecule is CC1(C)c2cc(C#N)ccc2-c2ccc(-c3ccc(-c4ccc(C(=N)/N=c5\[nH]cc(-c6ccccc6)cc5C5=CCCC=C5)cc4)cc3)cc21. The summed E-state index contributed by atoms with van der Waals surface area (Å²) >= 11 is 0. The van der Waals surface area contributed by atoms with Gasteiger partial charge in [0, 0.05) is 22.7 Å². The first-order valence-electron chi connectivity index (χ1n) is 17.1. The minimum absolute atomic E-state index is 0.176. The van der Waals surface area contributed by atoms with Crippen LogP contribution in [0.5, 0.6) is 0 Å². The van der Waals surface area contributed by atoms with Crippen molar-refractivity contribution in [2.45, 2.75) is 32.1 Å². The number of fused-ring (bicyclic) bond motifs is 3. The summed E-state index contributed by atoms with van der Waals surface area (Å²) in [6.07, 6.45) is 10.6. The lowest BCUT2D eigenvalue weighted by atomic mass is 9.81. The summed E-state index contributed by atoms with van der Waals surface area (Å²) < 4.78 is 0. The van der Waals surface area contributed by atoms with Gasteiger partial charge in [-0.05, 0) is 98.3 Å². The van der Waals surface area contributed by atoms with E-state index < -0.39 is 0 Å². The number of hydrogen-bond donors (Lipinski definition) is 2. The summed E-state index contributed by atoms with van der Waals surface area (Å²) in [5, 5.41) is 18.4. The van der Waals surface area contributed by atoms with E-state index in [1.807, 2.05) is 48.7 Å². The molecule has 6 aromatic rings. The Labute approximate surface area is 293 Å². The molecule has 1 heterocycles. The molecule has 2 N–H and O–H groups in total. The van der Waals surface area contributed by atoms with Crippen LogP contribution in [0.2, 0.25) is 0 Å². The summed E-state index contributed by atoms with van der Waals surface area (Å²) in [7, 11) is 0. The first-order chi connectivity index (χ1) is 24.4. The van der Waals surface area contributed by atoms with Crippen LogP contribution in [-0.4, -0.2) is 10.8 Å². The topological polar surface area (TPSA) is 75.8 Å². The Hall–Kier alpha value is -6.31. The van der Waals surface area contributed by atoms with Crippen molar-refractivity contribution in [2.75, 3.05) is 0 Å². The molecule has 50 heavy (non-hydrogen) atoms. The maximum Gasteiger partial charge on any atom is 0.154 e. The molecule has 4 nitrogen and oxygen atoms in total. The average molecular weight is 645 g/mol. The van der Waals surface area contributed by atoms with Crippen molar-refractivity contribution in [1.29, 1.82) is 10.7 Å². The van der Waals surface area contributed by atoms with Crippen molar-refractivity contribution >= 4 is 11.4 Å². The minimum Gasteiger partial charge on any atom is -0.345 e. The number of allylic oxidation sites excluding steroid dienone is 4. The van der Waals surface area contributed by atoms with E-state index in [2.05, 4.69) is 122 Å². The van der Waals surface area contributed by atoms with Gasteiger partial charge < -0.3 is 4.98 Å². The summed E-state index contributed by atoms with van der Waals surface area (Å²) in [5.74, 6) is 0.211. The molecular weight excluding hydrogens is 609 g/mol. The quantitative estimate of drug-likeness (QED) is 0.142. The van der Waals surface area contributed by atoms with Gasteiger partial charge in [0.25, 0.3) is 0 Å². The van der Waals surface area contributed by atoms with Gasteiger partial charge in [-0.15, -0.1) is 0 Å². The van der Waals surface area contributed by atoms with Gasteiger partial charge in [-0.3, -0.25) is 5.41 Å². The molecule has 0 bridgehead atoms. The molecule has 0 spiro atoms. The van der Waals surface area contributed by atoms with Gasteiger partial charge in [0.1, 0.15) is 5.49 Å². The zero-order valence-corrected chi connectivity index (χ0v) is 28.2. The first kappa shape index (κ1) is 31.0. The number of hydrogen-bond acceptors (Lipinski definition) is 2. The number of H-pyrrole nitrogens is 1. The van der Waals surface area contributed by atoms with E-state index in [0.29, 0.717) is 11.1 Å². The number of aromatic amines is 1. The fraction of sp³-hybridized carbons (Fsp3) is 0.109. The minimum atomic E-state index is -0.176. The third-order valence-corrected chi connectivity index (χ3v) is 10.1. The summed E-state index contributed by atoms with van der Waals surface area (Å²) in [6, 6.07) is 44.3. The second kappa shape index (κ2) is 12.6. The molecule has 0 fully saturated rings. The second-order valence-electron chi connectivity index (χ2n) is 13.5. The van der Waals surface area contributed by atoms with Crippen LogP contribution in [0, 0.1) is 16.7 Å². The van der Waals surface area contributed by atoms with E-state index in [4.69, 9.17) is 10.4 Å². The van der Waals surface area contributed by atoms with Crippen LogP contribution in [-0.2, 0) is 5.41 Å². The van der Waals surface area contributed by atoms with E-state index in [1.165, 1.54) is 27.8 Å². The van der Waals surface area contributed by atoms with Gasteiger partial charge in [-0.25, -0.2) is 4.99 Å². The van der Waals surface area contributed by atoms with Gasteiger partial charge >= 0.3 is 0 Å². The van der Waals surface area contributed by atoms with Crippen molar-refractivity contribution in [3.8, 4) is 50.6 Å². The van der Waals surface area contributed by atoms with Crippen molar-refractivity contribution in [1.82, 2.24) is 4.98 Å². The Kier molecular flexibility index (Phi) is 7.82. The fourth-order valence-electron chi connectivity index (χ4n) is 7.25. The summed E-state index contributed by atoms with van der Waals surface area (Å²) in [4.78, 5) is 8.17. The molecule has 1 aromatic heterocycles. The maximum atomic E-state index is 9.47. The van der Waals surface area contributed by atoms with Crippen molar-refractivity contribution in [2.24, 2.45) is 4.99 Å². The predicted octanol–water partition coefficient (Wildman–Crippen LogP) is 10.9. The smallest absolute Gasteiger partial charge is 0.154 e. The number of amidine groups is 1. The highest BCUT2D eigenvalue weighted by molar-refractivity contribution is 5.97. The number of rotatable bonds is 5. The third-order valence-electron chi connectivity index (χ3n) is 10.1. The van der Waals surface area contributed by atoms with Gasteiger partial charge in [0.2, 0.25) is 0 Å². The van der Waals surface area contributed by atoms with E-state index >= 15 is 0 Å². The number of nitrogens with zero attached hydrogens (tertiary/aromatic N) is 2. The van der Waals surface area contributed by atoms with Crippen molar-refractivity contribution in [3.05, 3.63) is 179 Å². The molecular formula is C46H36N4. The lowest BCUT2D eigenvalue weighted by Gasteiger charge is -2.22. The highest BCUT2D eigenvalue weighted by atomic mass is 14.9. The molecule has 0 unspecified atom stereocenters. The molecule has 0 saturated carbocycles. The van der Waals surface area contributed by atoms with Gasteiger partial charge in [0.05, 0.1) is 11.6 Å². The Morgan fingerprint density at radius 3 is 1.98 bits per heavy atom. The van der Waals surface area contributed by atoms with Crippen molar-refractivity contribution < 1.29 is 0 Å². The Bertz CT molecular complexity index is 2450. The van der Waals surface area contributed by atoms with E-state index in [-0.39, 0.29) is 11.3 Å². The lowest BCUT2D eigenvalue weighted by Crippen LogP contribution is -2.17. The van der Waals surface area contributed by atoms with Crippen LogP contribution >= 0.6 is 0 Å². The molecule has 4 heteroatoms. The number of nitriles is 1. The molecule has 240 valence electrons. The number of aromatic nitrogens is 1. The Balaban J connectivity index is 1.04. The van der Waals surface area contributed by atoms with Crippen LogP contribution in [0.3, 0.4) is 0 Å². The molecule has 0 atom stereocenters. The van der Waals surface area contributed by atoms with E-state index in [0.717, 1.165) is 57.4 Å². The van der Waals surface area contributed by atoms with Gasteiger partial charge in [0.15, 0.2) is 5.84 Å². The molecule has 5 aromatic carbocycles. The number of benzene rings is 5. The maximum absolute atomic E-state index is 9.47. The molecule has 0 radical (unpaired) electrons. The standard InChI is InChI=1S/C46H36N4/c1-46(2)42-25-30(28-47)13-23-39(42)40-24-22-37(27-43(40)46)34-16-14-32(15-17-34)33-18-20-36(21-19-33)44(48)50-45-41(35-11-7-4-8-12-35)26-38(29-49-45)31-9-5-3-6-10-31/h3,5-7,9-27,29H,4,8H2,1-2H3,(H2,48,49,50). The van der Waals surface area contributed by atoms with Gasteiger partial charge in [-0.2, -0.15) is 5.26 Å². The monoisotopic (exact) mass is 644 g/mol. The largest absolute Gasteiger partial charge is 0.345 e. The second-order valence-corrected chi connectivity index (χ2v) is 13.5.